The van der Waals surface area contributed by atoms with Crippen LogP contribution in [0.1, 0.15) is 45.4 Å². The van der Waals surface area contributed by atoms with Gasteiger partial charge in [0.25, 0.3) is 0 Å². The molecule has 2 aliphatic rings. The summed E-state index contributed by atoms with van der Waals surface area (Å²) in [5, 5.41) is 0. The molecule has 1 saturated carbocycles. The Labute approximate surface area is 98.7 Å². The monoisotopic (exact) mass is 221 g/mol. The zero-order valence-electron chi connectivity index (χ0n) is 10.4. The van der Waals surface area contributed by atoms with Crippen LogP contribution in [0.2, 0.25) is 0 Å². The van der Waals surface area contributed by atoms with Gasteiger partial charge in [-0.15, -0.1) is 6.58 Å². The van der Waals surface area contributed by atoms with Crippen molar-refractivity contribution in [3.63, 3.8) is 0 Å². The van der Waals surface area contributed by atoms with E-state index in [-0.39, 0.29) is 0 Å². The first-order valence-electron chi connectivity index (χ1n) is 6.59. The molecule has 1 saturated heterocycles. The summed E-state index contributed by atoms with van der Waals surface area (Å²) >= 11 is 0. The first-order chi connectivity index (χ1) is 7.68. The summed E-state index contributed by atoms with van der Waals surface area (Å²) in [7, 11) is 0. The molecule has 2 fully saturated rings. The van der Waals surface area contributed by atoms with Gasteiger partial charge in [0, 0.05) is 24.9 Å². The number of carbonyl (C=O) groups is 1. The maximum Gasteiger partial charge on any atom is 0.137 e. The standard InChI is InChI=1S/C14H23NO/c1-11(2)8-10-15-9-4-6-13(15)12-5-3-7-14(12)16/h12-13H,1,3-10H2,2H3. The van der Waals surface area contributed by atoms with Gasteiger partial charge in [-0.1, -0.05) is 5.57 Å². The van der Waals surface area contributed by atoms with Gasteiger partial charge in [0.2, 0.25) is 0 Å². The SMILES string of the molecule is C=C(C)CCN1CCCC1C1CCCC1=O. The van der Waals surface area contributed by atoms with Crippen LogP contribution in [0.4, 0.5) is 0 Å². The molecule has 0 aromatic heterocycles. The lowest BCUT2D eigenvalue weighted by Crippen LogP contribution is -2.38. The van der Waals surface area contributed by atoms with Gasteiger partial charge < -0.3 is 0 Å². The van der Waals surface area contributed by atoms with Crippen LogP contribution in [0.15, 0.2) is 12.2 Å². The van der Waals surface area contributed by atoms with Crippen LogP contribution in [0.3, 0.4) is 0 Å². The molecule has 1 aliphatic carbocycles. The minimum Gasteiger partial charge on any atom is -0.299 e. The summed E-state index contributed by atoms with van der Waals surface area (Å²) in [4.78, 5) is 14.3. The summed E-state index contributed by atoms with van der Waals surface area (Å²) in [6.45, 7) is 8.33. The van der Waals surface area contributed by atoms with E-state index in [2.05, 4.69) is 18.4 Å². The third kappa shape index (κ3) is 2.54. The Hall–Kier alpha value is -0.630. The minimum absolute atomic E-state index is 0.354. The summed E-state index contributed by atoms with van der Waals surface area (Å²) in [5.41, 5.74) is 1.25. The van der Waals surface area contributed by atoms with E-state index in [1.165, 1.54) is 25.0 Å². The second kappa shape index (κ2) is 5.13. The van der Waals surface area contributed by atoms with Gasteiger partial charge in [-0.2, -0.15) is 0 Å². The molecule has 0 amide bonds. The van der Waals surface area contributed by atoms with Crippen LogP contribution in [0.5, 0.6) is 0 Å². The van der Waals surface area contributed by atoms with Crippen molar-refractivity contribution in [1.82, 2.24) is 4.90 Å². The predicted octanol–water partition coefficient (Wildman–Crippen LogP) is 2.79. The lowest BCUT2D eigenvalue weighted by Gasteiger charge is -2.28. The van der Waals surface area contributed by atoms with Crippen molar-refractivity contribution in [2.24, 2.45) is 5.92 Å². The van der Waals surface area contributed by atoms with Crippen molar-refractivity contribution in [3.05, 3.63) is 12.2 Å². The molecule has 1 aliphatic heterocycles. The average molecular weight is 221 g/mol. The number of rotatable bonds is 4. The van der Waals surface area contributed by atoms with E-state index in [9.17, 15) is 4.79 Å². The quantitative estimate of drug-likeness (QED) is 0.680. The van der Waals surface area contributed by atoms with Gasteiger partial charge in [-0.25, -0.2) is 0 Å². The minimum atomic E-state index is 0.354. The summed E-state index contributed by atoms with van der Waals surface area (Å²) in [6.07, 6.45) is 6.66. The Morgan fingerprint density at radius 1 is 1.44 bits per heavy atom. The fourth-order valence-electron chi connectivity index (χ4n) is 3.17. The molecule has 2 atom stereocenters. The molecule has 90 valence electrons. The van der Waals surface area contributed by atoms with Crippen LogP contribution >= 0.6 is 0 Å². The van der Waals surface area contributed by atoms with E-state index in [1.54, 1.807) is 0 Å². The van der Waals surface area contributed by atoms with Crippen LogP contribution < -0.4 is 0 Å². The summed E-state index contributed by atoms with van der Waals surface area (Å²) in [5.74, 6) is 0.875. The van der Waals surface area contributed by atoms with Gasteiger partial charge in [0.1, 0.15) is 5.78 Å². The molecule has 1 heterocycles. The lowest BCUT2D eigenvalue weighted by molar-refractivity contribution is -0.122. The third-order valence-corrected chi connectivity index (χ3v) is 4.06. The fourth-order valence-corrected chi connectivity index (χ4v) is 3.17. The molecule has 2 rings (SSSR count). The van der Waals surface area contributed by atoms with E-state index >= 15 is 0 Å². The van der Waals surface area contributed by atoms with E-state index in [0.717, 1.165) is 32.2 Å². The van der Waals surface area contributed by atoms with E-state index in [4.69, 9.17) is 0 Å². The van der Waals surface area contributed by atoms with Gasteiger partial charge in [0.15, 0.2) is 0 Å². The zero-order valence-corrected chi connectivity index (χ0v) is 10.4. The van der Waals surface area contributed by atoms with Crippen LogP contribution in [-0.4, -0.2) is 29.8 Å². The number of hydrogen-bond donors (Lipinski definition) is 0. The van der Waals surface area contributed by atoms with Gasteiger partial charge in [0.05, 0.1) is 0 Å². The largest absolute Gasteiger partial charge is 0.299 e. The van der Waals surface area contributed by atoms with Crippen molar-refractivity contribution in [2.45, 2.75) is 51.5 Å². The normalized spacial score (nSPS) is 31.2. The summed E-state index contributed by atoms with van der Waals surface area (Å²) < 4.78 is 0. The number of hydrogen-bond acceptors (Lipinski definition) is 2. The lowest BCUT2D eigenvalue weighted by atomic mass is 9.95. The molecule has 2 unspecified atom stereocenters. The second-order valence-corrected chi connectivity index (χ2v) is 5.42. The van der Waals surface area contributed by atoms with E-state index in [1.807, 2.05) is 0 Å². The Bertz CT molecular complexity index is 284. The van der Waals surface area contributed by atoms with Crippen molar-refractivity contribution in [2.75, 3.05) is 13.1 Å². The van der Waals surface area contributed by atoms with Crippen LogP contribution in [0.25, 0.3) is 0 Å². The van der Waals surface area contributed by atoms with E-state index < -0.39 is 0 Å². The van der Waals surface area contributed by atoms with Crippen molar-refractivity contribution in [3.8, 4) is 0 Å². The topological polar surface area (TPSA) is 20.3 Å². The van der Waals surface area contributed by atoms with Crippen molar-refractivity contribution in [1.29, 1.82) is 0 Å². The van der Waals surface area contributed by atoms with Gasteiger partial charge >= 0.3 is 0 Å². The molecule has 2 heteroatoms. The summed E-state index contributed by atoms with van der Waals surface area (Å²) in [6, 6.07) is 0.550. The Morgan fingerprint density at radius 3 is 2.88 bits per heavy atom. The van der Waals surface area contributed by atoms with Crippen molar-refractivity contribution >= 4 is 5.78 Å². The molecular weight excluding hydrogens is 198 g/mol. The molecule has 0 bridgehead atoms. The highest BCUT2D eigenvalue weighted by molar-refractivity contribution is 5.83. The molecule has 0 radical (unpaired) electrons. The molecule has 0 N–H and O–H groups in total. The highest BCUT2D eigenvalue weighted by Crippen LogP contribution is 2.33. The molecular formula is C14H23NO. The Morgan fingerprint density at radius 2 is 2.25 bits per heavy atom. The molecule has 0 aromatic carbocycles. The first-order valence-corrected chi connectivity index (χ1v) is 6.59. The van der Waals surface area contributed by atoms with E-state index in [0.29, 0.717) is 17.7 Å². The number of Topliss-reactive ketones (excluding diaryl/α,β-unsaturated/α-hetero) is 1. The smallest absolute Gasteiger partial charge is 0.137 e. The van der Waals surface area contributed by atoms with Gasteiger partial charge in [-0.05, 0) is 45.6 Å². The highest BCUT2D eigenvalue weighted by Gasteiger charge is 2.37. The third-order valence-electron chi connectivity index (χ3n) is 4.06. The first kappa shape index (κ1) is 11.8. The Kier molecular flexibility index (Phi) is 3.80. The Balaban J connectivity index is 1.92. The fraction of sp³-hybridized carbons (Fsp3) is 0.786. The van der Waals surface area contributed by atoms with Crippen molar-refractivity contribution < 1.29 is 4.79 Å². The molecule has 0 aromatic rings. The molecule has 16 heavy (non-hydrogen) atoms. The van der Waals surface area contributed by atoms with Crippen LogP contribution in [-0.2, 0) is 4.79 Å². The number of ketones is 1. The number of likely N-dealkylation sites (tertiary alicyclic amines) is 1. The molecule has 2 nitrogen and oxygen atoms in total. The average Bonchev–Trinajstić information content (AvgIpc) is 2.82. The predicted molar refractivity (Wildman–Crippen MR) is 66.4 cm³/mol. The molecule has 0 spiro atoms. The maximum absolute atomic E-state index is 11.8. The number of carbonyl (C=O) groups excluding carboxylic acids is 1. The maximum atomic E-state index is 11.8. The second-order valence-electron chi connectivity index (χ2n) is 5.42. The van der Waals surface area contributed by atoms with Crippen LogP contribution in [0, 0.1) is 5.92 Å². The zero-order chi connectivity index (χ0) is 11.5. The number of nitrogens with zero attached hydrogens (tertiary/aromatic N) is 1. The highest BCUT2D eigenvalue weighted by atomic mass is 16.1. The van der Waals surface area contributed by atoms with Gasteiger partial charge in [-0.3, -0.25) is 9.69 Å².